The van der Waals surface area contributed by atoms with E-state index >= 15 is 0 Å². The quantitative estimate of drug-likeness (QED) is 0.613. The van der Waals surface area contributed by atoms with Crippen LogP contribution in [-0.2, 0) is 13.0 Å². The van der Waals surface area contributed by atoms with Crippen molar-refractivity contribution < 1.29 is 5.11 Å². The molecule has 0 aliphatic heterocycles. The topological polar surface area (TPSA) is 113 Å². The van der Waals surface area contributed by atoms with Crippen molar-refractivity contribution in [2.24, 2.45) is 11.3 Å². The minimum Gasteiger partial charge on any atom is -0.393 e. The van der Waals surface area contributed by atoms with E-state index in [0.29, 0.717) is 30.4 Å². The lowest BCUT2D eigenvalue weighted by Gasteiger charge is -2.39. The third kappa shape index (κ3) is 4.63. The molecule has 1 fully saturated rings. The van der Waals surface area contributed by atoms with E-state index in [2.05, 4.69) is 45.5 Å². The molecule has 8 nitrogen and oxygen atoms in total. The molecule has 2 aromatic heterocycles. The van der Waals surface area contributed by atoms with Crippen LogP contribution in [0.1, 0.15) is 55.6 Å². The molecule has 4 rings (SSSR count). The molecule has 2 heterocycles. The average molecular weight is 432 g/mol. The molecule has 166 valence electrons. The van der Waals surface area contributed by atoms with Crippen molar-refractivity contribution in [1.29, 1.82) is 5.26 Å². The van der Waals surface area contributed by atoms with Crippen molar-refractivity contribution in [3.05, 3.63) is 59.2 Å². The lowest BCUT2D eigenvalue weighted by molar-refractivity contribution is -0.00748. The molecule has 2 N–H and O–H groups in total. The zero-order valence-corrected chi connectivity index (χ0v) is 18.8. The van der Waals surface area contributed by atoms with Crippen LogP contribution < -0.4 is 5.32 Å². The van der Waals surface area contributed by atoms with Crippen LogP contribution in [0.3, 0.4) is 0 Å². The zero-order valence-electron chi connectivity index (χ0n) is 18.8. The summed E-state index contributed by atoms with van der Waals surface area (Å²) in [5.74, 6) is 0.887. The minimum atomic E-state index is -0.273. The van der Waals surface area contributed by atoms with E-state index in [-0.39, 0.29) is 11.5 Å². The molecule has 1 saturated carbocycles. The maximum atomic E-state index is 10.3. The zero-order chi connectivity index (χ0) is 22.7. The van der Waals surface area contributed by atoms with Crippen molar-refractivity contribution >= 4 is 5.95 Å². The third-order valence-electron chi connectivity index (χ3n) is 6.41. The van der Waals surface area contributed by atoms with Gasteiger partial charge in [0.2, 0.25) is 5.95 Å². The lowest BCUT2D eigenvalue weighted by atomic mass is 9.69. The predicted molar refractivity (Wildman–Crippen MR) is 121 cm³/mol. The predicted octanol–water partition coefficient (Wildman–Crippen LogP) is 3.58. The molecule has 1 aromatic carbocycles. The van der Waals surface area contributed by atoms with Gasteiger partial charge >= 0.3 is 0 Å². The van der Waals surface area contributed by atoms with Gasteiger partial charge in [-0.15, -0.1) is 5.10 Å². The maximum absolute atomic E-state index is 10.3. The summed E-state index contributed by atoms with van der Waals surface area (Å²) in [7, 11) is 0. The van der Waals surface area contributed by atoms with E-state index in [0.717, 1.165) is 41.9 Å². The van der Waals surface area contributed by atoms with E-state index in [1.54, 1.807) is 17.1 Å². The highest BCUT2D eigenvalue weighted by Gasteiger charge is 2.35. The fourth-order valence-electron chi connectivity index (χ4n) is 4.53. The first-order chi connectivity index (χ1) is 15.4. The molecular formula is C24H29N7O. The second kappa shape index (κ2) is 9.05. The molecule has 0 saturated heterocycles. The van der Waals surface area contributed by atoms with Gasteiger partial charge in [-0.3, -0.25) is 0 Å². The van der Waals surface area contributed by atoms with Crippen molar-refractivity contribution in [3.8, 4) is 11.8 Å². The van der Waals surface area contributed by atoms with Crippen LogP contribution in [0.4, 0.5) is 5.95 Å². The molecule has 8 heteroatoms. The molecule has 2 atom stereocenters. The van der Waals surface area contributed by atoms with Crippen LogP contribution in [0.5, 0.6) is 0 Å². The molecule has 0 radical (unpaired) electrons. The molecule has 0 bridgehead atoms. The number of hydrogen-bond donors (Lipinski definition) is 2. The fraction of sp³-hybridized carbons (Fsp3) is 0.458. The summed E-state index contributed by atoms with van der Waals surface area (Å²) in [6.07, 6.45) is 6.40. The second-order valence-corrected chi connectivity index (χ2v) is 9.29. The van der Waals surface area contributed by atoms with Gasteiger partial charge in [0, 0.05) is 6.54 Å². The summed E-state index contributed by atoms with van der Waals surface area (Å²) in [6.45, 7) is 6.70. The first kappa shape index (κ1) is 21.9. The van der Waals surface area contributed by atoms with E-state index in [9.17, 15) is 10.4 Å². The van der Waals surface area contributed by atoms with E-state index in [1.165, 1.54) is 0 Å². The van der Waals surface area contributed by atoms with Crippen LogP contribution in [0.15, 0.2) is 36.7 Å². The molecule has 0 spiro atoms. The van der Waals surface area contributed by atoms with Crippen LogP contribution in [0, 0.1) is 29.6 Å². The Hall–Kier alpha value is -3.31. The Morgan fingerprint density at radius 1 is 1.25 bits per heavy atom. The highest BCUT2D eigenvalue weighted by molar-refractivity contribution is 5.44. The summed E-state index contributed by atoms with van der Waals surface area (Å²) >= 11 is 0. The highest BCUT2D eigenvalue weighted by Crippen LogP contribution is 2.40. The number of benzene rings is 1. The number of aliphatic hydroxyl groups excluding tert-OH is 1. The number of aromatic nitrogens is 5. The Morgan fingerprint density at radius 2 is 2.06 bits per heavy atom. The largest absolute Gasteiger partial charge is 0.393 e. The van der Waals surface area contributed by atoms with E-state index in [4.69, 9.17) is 0 Å². The summed E-state index contributed by atoms with van der Waals surface area (Å²) in [4.78, 5) is 9.04. The van der Waals surface area contributed by atoms with Gasteiger partial charge in [0.05, 0.1) is 41.1 Å². The van der Waals surface area contributed by atoms with Gasteiger partial charge in [0.15, 0.2) is 0 Å². The first-order valence-corrected chi connectivity index (χ1v) is 11.0. The Bertz CT molecular complexity index is 1130. The third-order valence-corrected chi connectivity index (χ3v) is 6.41. The van der Waals surface area contributed by atoms with Gasteiger partial charge in [-0.1, -0.05) is 37.3 Å². The van der Waals surface area contributed by atoms with Gasteiger partial charge in [-0.2, -0.15) is 5.26 Å². The summed E-state index contributed by atoms with van der Waals surface area (Å²) < 4.78 is 1.81. The van der Waals surface area contributed by atoms with Crippen molar-refractivity contribution in [3.63, 3.8) is 0 Å². The normalized spacial score (nSPS) is 20.0. The number of hydrogen-bond acceptors (Lipinski definition) is 7. The standard InChI is InChI=1S/C24H29N7O/c1-16-13-28-30-31(16)21-7-5-4-6-18(21)14-26-23-27-15-19(12-25)20(29-23)10-17-8-9-22(32)24(2,3)11-17/h4-7,13,15,17,22,32H,8-11,14H2,1-3H3,(H,26,27,29)/t17-,22-/m1/s1. The summed E-state index contributed by atoms with van der Waals surface area (Å²) in [5, 5.41) is 31.3. The summed E-state index contributed by atoms with van der Waals surface area (Å²) in [6, 6.07) is 10.2. The number of para-hydroxylation sites is 1. The molecular weight excluding hydrogens is 402 g/mol. The molecule has 0 amide bonds. The molecule has 1 aliphatic carbocycles. The number of anilines is 1. The molecule has 1 aliphatic rings. The Morgan fingerprint density at radius 3 is 2.78 bits per heavy atom. The SMILES string of the molecule is Cc1cnnn1-c1ccccc1CNc1ncc(C#N)c(C[C@H]2CC[C@@H](O)C(C)(C)C2)n1. The number of rotatable bonds is 6. The van der Waals surface area contributed by atoms with E-state index < -0.39 is 0 Å². The average Bonchev–Trinajstić information content (AvgIpc) is 3.20. The number of nitrogens with one attached hydrogen (secondary N) is 1. The van der Waals surface area contributed by atoms with Crippen LogP contribution in [-0.4, -0.2) is 36.2 Å². The molecule has 0 unspecified atom stereocenters. The van der Waals surface area contributed by atoms with Gasteiger partial charge in [-0.25, -0.2) is 14.6 Å². The van der Waals surface area contributed by atoms with Crippen LogP contribution in [0.25, 0.3) is 5.69 Å². The van der Waals surface area contributed by atoms with Crippen molar-refractivity contribution in [2.45, 2.75) is 59.1 Å². The van der Waals surface area contributed by atoms with Crippen molar-refractivity contribution in [2.75, 3.05) is 5.32 Å². The smallest absolute Gasteiger partial charge is 0.223 e. The summed E-state index contributed by atoms with van der Waals surface area (Å²) in [5.41, 5.74) is 4.11. The Labute approximate surface area is 188 Å². The van der Waals surface area contributed by atoms with Gasteiger partial charge in [-0.05, 0) is 55.6 Å². The Balaban J connectivity index is 1.51. The minimum absolute atomic E-state index is 0.118. The first-order valence-electron chi connectivity index (χ1n) is 11.0. The maximum Gasteiger partial charge on any atom is 0.223 e. The molecule has 3 aromatic rings. The van der Waals surface area contributed by atoms with Gasteiger partial charge < -0.3 is 10.4 Å². The fourth-order valence-corrected chi connectivity index (χ4v) is 4.53. The van der Waals surface area contributed by atoms with Crippen LogP contribution in [0.2, 0.25) is 0 Å². The van der Waals surface area contributed by atoms with Crippen LogP contribution >= 0.6 is 0 Å². The second-order valence-electron chi connectivity index (χ2n) is 9.29. The van der Waals surface area contributed by atoms with Crippen molar-refractivity contribution in [1.82, 2.24) is 25.0 Å². The lowest BCUT2D eigenvalue weighted by Crippen LogP contribution is -2.37. The number of nitriles is 1. The highest BCUT2D eigenvalue weighted by atomic mass is 16.3. The Kier molecular flexibility index (Phi) is 6.19. The monoisotopic (exact) mass is 431 g/mol. The number of aryl methyl sites for hydroxylation is 1. The number of nitrogens with zero attached hydrogens (tertiary/aromatic N) is 6. The van der Waals surface area contributed by atoms with Gasteiger partial charge in [0.25, 0.3) is 0 Å². The van der Waals surface area contributed by atoms with Gasteiger partial charge in [0.1, 0.15) is 6.07 Å². The number of aliphatic hydroxyl groups is 1. The van der Waals surface area contributed by atoms with E-state index in [1.807, 2.05) is 31.2 Å². The molecule has 32 heavy (non-hydrogen) atoms.